The van der Waals surface area contributed by atoms with Gasteiger partial charge >= 0.3 is 0 Å². The van der Waals surface area contributed by atoms with Crippen molar-refractivity contribution in [2.45, 2.75) is 24.3 Å². The molecule has 0 aliphatic rings. The number of aromatic nitrogens is 2. The monoisotopic (exact) mass is 465 g/mol. The maximum Gasteiger partial charge on any atom is 0.266 e. The first-order chi connectivity index (χ1) is 15.9. The van der Waals surface area contributed by atoms with Crippen molar-refractivity contribution in [2.24, 2.45) is 0 Å². The molecule has 1 aromatic heterocycles. The van der Waals surface area contributed by atoms with E-state index in [9.17, 15) is 18.4 Å². The van der Waals surface area contributed by atoms with Gasteiger partial charge in [0.05, 0.1) is 21.8 Å². The highest BCUT2D eigenvalue weighted by Crippen LogP contribution is 2.28. The molecule has 1 heterocycles. The number of carbonyl (C=O) groups excluding carboxylic acids is 1. The van der Waals surface area contributed by atoms with Crippen LogP contribution < -0.4 is 10.5 Å². The number of anilines is 1. The van der Waals surface area contributed by atoms with Gasteiger partial charge in [0.25, 0.3) is 5.56 Å². The number of nitrogens with zero attached hydrogens (tertiary/aromatic N) is 3. The van der Waals surface area contributed by atoms with Gasteiger partial charge in [-0.2, -0.15) is 0 Å². The van der Waals surface area contributed by atoms with Gasteiger partial charge in [0.15, 0.2) is 5.16 Å². The van der Waals surface area contributed by atoms with Crippen molar-refractivity contribution in [1.29, 1.82) is 0 Å². The van der Waals surface area contributed by atoms with Crippen molar-refractivity contribution >= 4 is 34.3 Å². The van der Waals surface area contributed by atoms with Gasteiger partial charge < -0.3 is 4.90 Å². The van der Waals surface area contributed by atoms with Crippen LogP contribution >= 0.6 is 11.8 Å². The fourth-order valence-corrected chi connectivity index (χ4v) is 4.55. The topological polar surface area (TPSA) is 55.2 Å². The molecule has 0 saturated heterocycles. The van der Waals surface area contributed by atoms with Crippen LogP contribution in [0.15, 0.2) is 82.7 Å². The Hall–Kier alpha value is -3.52. The number of carbonyl (C=O) groups is 1. The average Bonchev–Trinajstić information content (AvgIpc) is 2.81. The maximum absolute atomic E-state index is 14.7. The van der Waals surface area contributed by atoms with Gasteiger partial charge in [-0.05, 0) is 50.2 Å². The Morgan fingerprint density at radius 3 is 2.45 bits per heavy atom. The predicted octanol–water partition coefficient (Wildman–Crippen LogP) is 5.20. The summed E-state index contributed by atoms with van der Waals surface area (Å²) in [6.45, 7) is 4.05. The lowest BCUT2D eigenvalue weighted by molar-refractivity contribution is -0.117. The number of rotatable bonds is 6. The molecule has 8 heteroatoms. The number of fused-ring (bicyclic) bond motifs is 1. The van der Waals surface area contributed by atoms with Crippen LogP contribution in [0.4, 0.5) is 14.5 Å². The van der Waals surface area contributed by atoms with Gasteiger partial charge in [0.1, 0.15) is 11.6 Å². The first-order valence-electron chi connectivity index (χ1n) is 10.4. The van der Waals surface area contributed by atoms with Crippen molar-refractivity contribution < 1.29 is 13.6 Å². The predicted molar refractivity (Wildman–Crippen MR) is 127 cm³/mol. The molecule has 1 unspecified atom stereocenters. The van der Waals surface area contributed by atoms with E-state index in [1.807, 2.05) is 37.3 Å². The first kappa shape index (κ1) is 22.7. The molecule has 1 amide bonds. The Morgan fingerprint density at radius 2 is 1.76 bits per heavy atom. The molecule has 0 fully saturated rings. The van der Waals surface area contributed by atoms with Gasteiger partial charge in [-0.1, -0.05) is 42.1 Å². The van der Waals surface area contributed by atoms with Crippen molar-refractivity contribution in [1.82, 2.24) is 9.55 Å². The summed E-state index contributed by atoms with van der Waals surface area (Å²) in [7, 11) is 0. The van der Waals surface area contributed by atoms with Gasteiger partial charge in [0, 0.05) is 18.3 Å². The van der Waals surface area contributed by atoms with Crippen molar-refractivity contribution in [3.8, 4) is 5.69 Å². The van der Waals surface area contributed by atoms with Crippen LogP contribution in [-0.4, -0.2) is 27.3 Å². The minimum atomic E-state index is -0.894. The normalized spacial score (nSPS) is 12.0. The number of halogens is 2. The van der Waals surface area contributed by atoms with E-state index in [1.165, 1.54) is 6.07 Å². The molecule has 0 radical (unpaired) electrons. The summed E-state index contributed by atoms with van der Waals surface area (Å²) in [5, 5.41) is -0.189. The standard InChI is InChI=1S/C25H21F2N3O2S/c1-3-29(18-9-5-4-6-10-18)23(31)16(2)33-25-28-21-12-8-7-11-19(21)24(32)30(25)22-14-13-17(26)15-20(22)27/h4-16H,3H2,1-2H3. The van der Waals surface area contributed by atoms with Gasteiger partial charge in [-0.15, -0.1) is 0 Å². The van der Waals surface area contributed by atoms with E-state index >= 15 is 0 Å². The van der Waals surface area contributed by atoms with Crippen LogP contribution in [0.25, 0.3) is 16.6 Å². The minimum Gasteiger partial charge on any atom is -0.312 e. The molecule has 0 spiro atoms. The van der Waals surface area contributed by atoms with Gasteiger partial charge in [-0.25, -0.2) is 13.8 Å². The second-order valence-electron chi connectivity index (χ2n) is 7.33. The lowest BCUT2D eigenvalue weighted by Crippen LogP contribution is -2.37. The third-order valence-corrected chi connectivity index (χ3v) is 6.22. The molecular formula is C25H21F2N3O2S. The molecule has 0 N–H and O–H groups in total. The number of hydrogen-bond acceptors (Lipinski definition) is 4. The van der Waals surface area contributed by atoms with Crippen molar-refractivity contribution in [2.75, 3.05) is 11.4 Å². The maximum atomic E-state index is 14.7. The molecule has 3 aromatic carbocycles. The second-order valence-corrected chi connectivity index (χ2v) is 8.63. The summed E-state index contributed by atoms with van der Waals surface area (Å²) in [5.74, 6) is -1.83. The number of amides is 1. The average molecular weight is 466 g/mol. The van der Waals surface area contributed by atoms with Gasteiger partial charge in [0.2, 0.25) is 5.91 Å². The number of hydrogen-bond donors (Lipinski definition) is 0. The highest BCUT2D eigenvalue weighted by Gasteiger charge is 2.25. The fourth-order valence-electron chi connectivity index (χ4n) is 3.57. The zero-order valence-corrected chi connectivity index (χ0v) is 18.9. The molecule has 0 aliphatic carbocycles. The summed E-state index contributed by atoms with van der Waals surface area (Å²) in [6, 6.07) is 19.0. The summed E-state index contributed by atoms with van der Waals surface area (Å²) >= 11 is 1.05. The van der Waals surface area contributed by atoms with Crippen LogP contribution in [0.1, 0.15) is 13.8 Å². The second kappa shape index (κ2) is 9.54. The highest BCUT2D eigenvalue weighted by atomic mass is 32.2. The summed E-state index contributed by atoms with van der Waals surface area (Å²) in [6.07, 6.45) is 0. The molecule has 0 bridgehead atoms. The van der Waals surface area contributed by atoms with E-state index in [2.05, 4.69) is 4.98 Å². The van der Waals surface area contributed by atoms with E-state index in [0.717, 1.165) is 28.1 Å². The lowest BCUT2D eigenvalue weighted by atomic mass is 10.2. The molecule has 4 aromatic rings. The summed E-state index contributed by atoms with van der Waals surface area (Å²) in [4.78, 5) is 32.7. The SMILES string of the molecule is CCN(C(=O)C(C)Sc1nc2ccccc2c(=O)n1-c1ccc(F)cc1F)c1ccccc1. The molecule has 0 aliphatic heterocycles. The third kappa shape index (κ3) is 4.52. The lowest BCUT2D eigenvalue weighted by Gasteiger charge is -2.24. The van der Waals surface area contributed by atoms with E-state index < -0.39 is 22.4 Å². The molecule has 0 saturated carbocycles. The van der Waals surface area contributed by atoms with Crippen LogP contribution in [0.5, 0.6) is 0 Å². The number of thioether (sulfide) groups is 1. The number of para-hydroxylation sites is 2. The van der Waals surface area contributed by atoms with E-state index in [1.54, 1.807) is 36.1 Å². The number of benzene rings is 3. The summed E-state index contributed by atoms with van der Waals surface area (Å²) < 4.78 is 29.3. The molecule has 1 atom stereocenters. The molecule has 33 heavy (non-hydrogen) atoms. The minimum absolute atomic E-state index is 0.128. The highest BCUT2D eigenvalue weighted by molar-refractivity contribution is 8.00. The largest absolute Gasteiger partial charge is 0.312 e. The van der Waals surface area contributed by atoms with Crippen LogP contribution in [-0.2, 0) is 4.79 Å². The molecule has 168 valence electrons. The quantitative estimate of drug-likeness (QED) is 0.290. The Labute approximate surface area is 193 Å². The fraction of sp³-hybridized carbons (Fsp3) is 0.160. The molecular weight excluding hydrogens is 444 g/mol. The first-order valence-corrected chi connectivity index (χ1v) is 11.3. The Balaban J connectivity index is 1.80. The molecule has 4 rings (SSSR count). The van der Waals surface area contributed by atoms with Gasteiger partial charge in [-0.3, -0.25) is 14.2 Å². The third-order valence-electron chi connectivity index (χ3n) is 5.18. The van der Waals surface area contributed by atoms with Crippen LogP contribution in [0.3, 0.4) is 0 Å². The Morgan fingerprint density at radius 1 is 1.06 bits per heavy atom. The molecule has 5 nitrogen and oxygen atoms in total. The van der Waals surface area contributed by atoms with E-state index in [-0.39, 0.29) is 16.8 Å². The summed E-state index contributed by atoms with van der Waals surface area (Å²) in [5.41, 5.74) is 0.561. The smallest absolute Gasteiger partial charge is 0.266 e. The Bertz CT molecular complexity index is 1380. The Kier molecular flexibility index (Phi) is 6.55. The van der Waals surface area contributed by atoms with Crippen LogP contribution in [0, 0.1) is 11.6 Å². The van der Waals surface area contributed by atoms with Crippen LogP contribution in [0.2, 0.25) is 0 Å². The zero-order chi connectivity index (χ0) is 23.5. The van der Waals surface area contributed by atoms with E-state index in [0.29, 0.717) is 23.5 Å². The van der Waals surface area contributed by atoms with E-state index in [4.69, 9.17) is 0 Å². The zero-order valence-electron chi connectivity index (χ0n) is 18.0. The van der Waals surface area contributed by atoms with Crippen molar-refractivity contribution in [3.63, 3.8) is 0 Å². The van der Waals surface area contributed by atoms with Crippen molar-refractivity contribution in [3.05, 3.63) is 94.8 Å².